The van der Waals surface area contributed by atoms with Crippen LogP contribution in [0.25, 0.3) is 0 Å². The molecule has 1 aliphatic rings. The van der Waals surface area contributed by atoms with Crippen LogP contribution in [0.5, 0.6) is 0 Å². The molecule has 1 aliphatic heterocycles. The zero-order chi connectivity index (χ0) is 16.4. The van der Waals surface area contributed by atoms with Crippen molar-refractivity contribution in [1.29, 1.82) is 0 Å². The Bertz CT molecular complexity index is 717. The van der Waals surface area contributed by atoms with Crippen molar-refractivity contribution >= 4 is 23.2 Å². The van der Waals surface area contributed by atoms with Crippen molar-refractivity contribution in [2.75, 3.05) is 7.05 Å². The van der Waals surface area contributed by atoms with Crippen LogP contribution in [0, 0.1) is 11.7 Å². The van der Waals surface area contributed by atoms with Crippen LogP contribution in [0.1, 0.15) is 22.9 Å². The highest BCUT2D eigenvalue weighted by Crippen LogP contribution is 2.37. The van der Waals surface area contributed by atoms with Gasteiger partial charge in [0.15, 0.2) is 0 Å². The minimum atomic E-state index is -0.505. The fraction of sp³-hybridized carbons (Fsp3) is 0.294. The summed E-state index contributed by atoms with van der Waals surface area (Å²) in [6.45, 7) is 0.445. The monoisotopic (exact) mass is 332 g/mol. The topological polar surface area (TPSA) is 49.4 Å². The van der Waals surface area contributed by atoms with Gasteiger partial charge in [-0.25, -0.2) is 4.39 Å². The molecule has 3 rings (SSSR count). The molecule has 0 aliphatic carbocycles. The third-order valence-corrected chi connectivity index (χ3v) is 5.01. The molecular weight excluding hydrogens is 315 g/mol. The van der Waals surface area contributed by atoms with Gasteiger partial charge in [-0.05, 0) is 29.1 Å². The Morgan fingerprint density at radius 1 is 1.39 bits per heavy atom. The summed E-state index contributed by atoms with van der Waals surface area (Å²) in [7, 11) is 1.66. The van der Waals surface area contributed by atoms with Gasteiger partial charge in [-0.15, -0.1) is 11.3 Å². The lowest BCUT2D eigenvalue weighted by Crippen LogP contribution is -2.34. The normalized spacial score (nSPS) is 20.8. The zero-order valence-corrected chi connectivity index (χ0v) is 13.5. The van der Waals surface area contributed by atoms with Gasteiger partial charge < -0.3 is 10.2 Å². The molecule has 2 aromatic rings. The van der Waals surface area contributed by atoms with Crippen LogP contribution >= 0.6 is 11.3 Å². The van der Waals surface area contributed by atoms with Gasteiger partial charge in [0.05, 0.1) is 18.5 Å². The number of nitrogens with one attached hydrogen (secondary N) is 1. The van der Waals surface area contributed by atoms with Gasteiger partial charge in [-0.2, -0.15) is 0 Å². The molecule has 1 fully saturated rings. The number of nitrogens with zero attached hydrogens (tertiary/aromatic N) is 1. The molecule has 0 spiro atoms. The van der Waals surface area contributed by atoms with E-state index in [4.69, 9.17) is 0 Å². The highest BCUT2D eigenvalue weighted by atomic mass is 32.1. The van der Waals surface area contributed by atoms with Gasteiger partial charge >= 0.3 is 0 Å². The van der Waals surface area contributed by atoms with E-state index in [1.807, 2.05) is 17.5 Å². The van der Waals surface area contributed by atoms with Gasteiger partial charge in [0, 0.05) is 18.3 Å². The quantitative estimate of drug-likeness (QED) is 0.936. The summed E-state index contributed by atoms with van der Waals surface area (Å²) in [5.74, 6) is -1.15. The summed E-state index contributed by atoms with van der Waals surface area (Å²) in [5.41, 5.74) is 0.648. The molecule has 2 heterocycles. The lowest BCUT2D eigenvalue weighted by atomic mass is 9.93. The predicted octanol–water partition coefficient (Wildman–Crippen LogP) is 2.72. The maximum absolute atomic E-state index is 13.5. The van der Waals surface area contributed by atoms with Crippen LogP contribution in [0.4, 0.5) is 4.39 Å². The molecule has 2 amide bonds. The van der Waals surface area contributed by atoms with Crippen molar-refractivity contribution in [2.24, 2.45) is 5.92 Å². The molecule has 23 heavy (non-hydrogen) atoms. The number of hydrogen-bond donors (Lipinski definition) is 1. The fourth-order valence-corrected chi connectivity index (χ4v) is 3.61. The predicted molar refractivity (Wildman–Crippen MR) is 86.2 cm³/mol. The summed E-state index contributed by atoms with van der Waals surface area (Å²) < 4.78 is 13.5. The van der Waals surface area contributed by atoms with Crippen LogP contribution in [0.15, 0.2) is 41.8 Å². The van der Waals surface area contributed by atoms with Gasteiger partial charge in [0.1, 0.15) is 5.82 Å². The second-order valence-corrected chi connectivity index (χ2v) is 6.64. The Labute approximate surface area is 137 Å². The van der Waals surface area contributed by atoms with E-state index < -0.39 is 12.0 Å². The number of amides is 2. The van der Waals surface area contributed by atoms with E-state index in [0.717, 1.165) is 4.88 Å². The third kappa shape index (κ3) is 3.27. The van der Waals surface area contributed by atoms with Crippen LogP contribution < -0.4 is 5.32 Å². The van der Waals surface area contributed by atoms with E-state index in [9.17, 15) is 14.0 Å². The largest absolute Gasteiger partial charge is 0.351 e. The van der Waals surface area contributed by atoms with E-state index in [-0.39, 0.29) is 24.1 Å². The second-order valence-electron chi connectivity index (χ2n) is 5.61. The van der Waals surface area contributed by atoms with Crippen LogP contribution in [0.2, 0.25) is 0 Å². The number of carbonyl (C=O) groups is 2. The van der Waals surface area contributed by atoms with E-state index in [1.165, 1.54) is 17.0 Å². The summed E-state index contributed by atoms with van der Waals surface area (Å²) in [5, 5.41) is 4.83. The van der Waals surface area contributed by atoms with Gasteiger partial charge in [0.25, 0.3) is 0 Å². The van der Waals surface area contributed by atoms with E-state index >= 15 is 0 Å². The number of likely N-dealkylation sites (tertiary alicyclic amines) is 1. The first-order valence-electron chi connectivity index (χ1n) is 7.37. The van der Waals surface area contributed by atoms with Crippen molar-refractivity contribution in [3.63, 3.8) is 0 Å². The number of thiophene rings is 1. The standard InChI is InChI=1S/C17H17FN2O2S/c1-20-15(21)9-14(16(20)11-4-2-5-12(18)8-11)17(22)19-10-13-6-3-7-23-13/h2-8,14,16H,9-10H2,1H3,(H,19,22)/t14-,16+/m0/s1. The number of rotatable bonds is 4. The van der Waals surface area contributed by atoms with Crippen molar-refractivity contribution in [1.82, 2.24) is 10.2 Å². The van der Waals surface area contributed by atoms with Gasteiger partial charge in [-0.1, -0.05) is 18.2 Å². The molecule has 6 heteroatoms. The summed E-state index contributed by atoms with van der Waals surface area (Å²) in [6, 6.07) is 9.53. The molecule has 4 nitrogen and oxygen atoms in total. The van der Waals surface area contributed by atoms with E-state index in [2.05, 4.69) is 5.32 Å². The third-order valence-electron chi connectivity index (χ3n) is 4.13. The maximum atomic E-state index is 13.5. The molecule has 1 saturated heterocycles. The molecule has 1 aromatic heterocycles. The average molecular weight is 332 g/mol. The minimum Gasteiger partial charge on any atom is -0.351 e. The molecule has 2 atom stereocenters. The lowest BCUT2D eigenvalue weighted by Gasteiger charge is -2.25. The number of carbonyl (C=O) groups excluding carboxylic acids is 2. The van der Waals surface area contributed by atoms with Crippen LogP contribution in [-0.2, 0) is 16.1 Å². The van der Waals surface area contributed by atoms with Crippen molar-refractivity contribution in [2.45, 2.75) is 19.0 Å². The van der Waals surface area contributed by atoms with E-state index in [0.29, 0.717) is 12.1 Å². The summed E-state index contributed by atoms with van der Waals surface area (Å²) in [6.07, 6.45) is 0.147. The molecule has 120 valence electrons. The first-order chi connectivity index (χ1) is 11.1. The first-order valence-corrected chi connectivity index (χ1v) is 8.25. The number of hydrogen-bond acceptors (Lipinski definition) is 3. The van der Waals surface area contributed by atoms with Gasteiger partial charge in [-0.3, -0.25) is 9.59 Å². The molecule has 0 unspecified atom stereocenters. The van der Waals surface area contributed by atoms with Crippen molar-refractivity contribution in [3.8, 4) is 0 Å². The molecule has 0 radical (unpaired) electrons. The Hall–Kier alpha value is -2.21. The highest BCUT2D eigenvalue weighted by molar-refractivity contribution is 7.09. The SMILES string of the molecule is CN1C(=O)C[C@H](C(=O)NCc2cccs2)[C@H]1c1cccc(F)c1. The van der Waals surface area contributed by atoms with Crippen LogP contribution in [0.3, 0.4) is 0 Å². The first kappa shape index (κ1) is 15.7. The maximum Gasteiger partial charge on any atom is 0.226 e. The molecule has 0 bridgehead atoms. The molecule has 0 saturated carbocycles. The molecule has 1 aromatic carbocycles. The number of benzene rings is 1. The van der Waals surface area contributed by atoms with Crippen molar-refractivity contribution < 1.29 is 14.0 Å². The smallest absolute Gasteiger partial charge is 0.226 e. The van der Waals surface area contributed by atoms with Crippen molar-refractivity contribution in [3.05, 3.63) is 58.0 Å². The Balaban J connectivity index is 1.78. The lowest BCUT2D eigenvalue weighted by molar-refractivity contribution is -0.128. The Morgan fingerprint density at radius 2 is 2.22 bits per heavy atom. The Morgan fingerprint density at radius 3 is 2.91 bits per heavy atom. The van der Waals surface area contributed by atoms with E-state index in [1.54, 1.807) is 30.5 Å². The average Bonchev–Trinajstić information content (AvgIpc) is 3.14. The molecular formula is C17H17FN2O2S. The second kappa shape index (κ2) is 6.50. The zero-order valence-electron chi connectivity index (χ0n) is 12.7. The summed E-state index contributed by atoms with van der Waals surface area (Å²) >= 11 is 1.57. The van der Waals surface area contributed by atoms with Gasteiger partial charge in [0.2, 0.25) is 11.8 Å². The van der Waals surface area contributed by atoms with Crippen LogP contribution in [-0.4, -0.2) is 23.8 Å². The molecule has 1 N–H and O–H groups in total. The Kier molecular flexibility index (Phi) is 4.43. The highest BCUT2D eigenvalue weighted by Gasteiger charge is 2.42. The minimum absolute atomic E-state index is 0.101. The summed E-state index contributed by atoms with van der Waals surface area (Å²) in [4.78, 5) is 27.2. The fourth-order valence-electron chi connectivity index (χ4n) is 2.97. The number of halogens is 1.